The number of hydrogen-bond donors (Lipinski definition) is 3. The average molecular weight is 322 g/mol. The zero-order valence-corrected chi connectivity index (χ0v) is 13.1. The van der Waals surface area contributed by atoms with Crippen LogP contribution in [0.4, 0.5) is 5.69 Å². The summed E-state index contributed by atoms with van der Waals surface area (Å²) in [6.07, 6.45) is 3.80. The molecule has 0 aliphatic heterocycles. The van der Waals surface area contributed by atoms with Crippen molar-refractivity contribution in [3.63, 3.8) is 0 Å². The highest BCUT2D eigenvalue weighted by molar-refractivity contribution is 6.00. The molecule has 5 nitrogen and oxygen atoms in total. The van der Waals surface area contributed by atoms with E-state index < -0.39 is 5.97 Å². The van der Waals surface area contributed by atoms with Crippen molar-refractivity contribution < 1.29 is 14.7 Å². The standard InChI is InChI=1S/C19H18N2O3/c22-18(21-17-10-4-2-8-15(17)19(23)24)11-5-6-13-12-20-16-9-3-1-7-14(13)16/h1-4,7-10,12,20H,5-6,11H2,(H,21,22)(H,23,24). The molecule has 1 heterocycles. The van der Waals surface area contributed by atoms with Gasteiger partial charge in [0.1, 0.15) is 0 Å². The van der Waals surface area contributed by atoms with Crippen molar-refractivity contribution in [3.05, 3.63) is 65.9 Å². The Morgan fingerprint density at radius 1 is 1.04 bits per heavy atom. The Kier molecular flexibility index (Phi) is 4.61. The van der Waals surface area contributed by atoms with Crippen molar-refractivity contribution in [3.8, 4) is 0 Å². The van der Waals surface area contributed by atoms with E-state index in [1.165, 1.54) is 17.0 Å². The molecule has 1 aromatic heterocycles. The minimum Gasteiger partial charge on any atom is -0.478 e. The van der Waals surface area contributed by atoms with Gasteiger partial charge in [-0.15, -0.1) is 0 Å². The number of aromatic amines is 1. The number of aromatic nitrogens is 1. The molecular weight excluding hydrogens is 304 g/mol. The maximum atomic E-state index is 12.1. The van der Waals surface area contributed by atoms with Gasteiger partial charge in [0, 0.05) is 23.5 Å². The first-order chi connectivity index (χ1) is 11.6. The molecule has 0 unspecified atom stereocenters. The number of anilines is 1. The van der Waals surface area contributed by atoms with Crippen molar-refractivity contribution in [2.75, 3.05) is 5.32 Å². The molecule has 0 radical (unpaired) electrons. The Balaban J connectivity index is 1.58. The zero-order valence-electron chi connectivity index (χ0n) is 13.1. The van der Waals surface area contributed by atoms with Gasteiger partial charge in [-0.1, -0.05) is 30.3 Å². The van der Waals surface area contributed by atoms with Crippen LogP contribution in [0.15, 0.2) is 54.7 Å². The van der Waals surface area contributed by atoms with Crippen molar-refractivity contribution in [2.45, 2.75) is 19.3 Å². The van der Waals surface area contributed by atoms with E-state index in [2.05, 4.69) is 16.4 Å². The van der Waals surface area contributed by atoms with E-state index in [1.807, 2.05) is 24.4 Å². The van der Waals surface area contributed by atoms with Crippen LogP contribution in [0, 0.1) is 0 Å². The Hall–Kier alpha value is -3.08. The highest BCUT2D eigenvalue weighted by Gasteiger charge is 2.11. The van der Waals surface area contributed by atoms with E-state index in [9.17, 15) is 9.59 Å². The van der Waals surface area contributed by atoms with Crippen LogP contribution in [0.25, 0.3) is 10.9 Å². The van der Waals surface area contributed by atoms with E-state index in [1.54, 1.807) is 18.2 Å². The summed E-state index contributed by atoms with van der Waals surface area (Å²) in [6.45, 7) is 0. The molecule has 0 bridgehead atoms. The second-order valence-corrected chi connectivity index (χ2v) is 5.61. The lowest BCUT2D eigenvalue weighted by molar-refractivity contribution is -0.116. The Labute approximate surface area is 139 Å². The molecule has 0 fully saturated rings. The number of aromatic carboxylic acids is 1. The highest BCUT2D eigenvalue weighted by atomic mass is 16.4. The Bertz CT molecular complexity index is 883. The summed E-state index contributed by atoms with van der Waals surface area (Å²) in [7, 11) is 0. The topological polar surface area (TPSA) is 82.2 Å². The summed E-state index contributed by atoms with van der Waals surface area (Å²) in [6, 6.07) is 14.5. The molecule has 5 heteroatoms. The number of amides is 1. The highest BCUT2D eigenvalue weighted by Crippen LogP contribution is 2.20. The number of carbonyl (C=O) groups excluding carboxylic acids is 1. The quantitative estimate of drug-likeness (QED) is 0.645. The lowest BCUT2D eigenvalue weighted by Crippen LogP contribution is -2.14. The van der Waals surface area contributed by atoms with Gasteiger partial charge in [-0.3, -0.25) is 4.79 Å². The molecule has 0 saturated carbocycles. The van der Waals surface area contributed by atoms with Crippen molar-refractivity contribution in [1.29, 1.82) is 0 Å². The maximum Gasteiger partial charge on any atom is 0.337 e. The number of aryl methyl sites for hydroxylation is 1. The third-order valence-corrected chi connectivity index (χ3v) is 3.96. The number of carboxylic acid groups (broad SMARTS) is 1. The van der Waals surface area contributed by atoms with E-state index in [0.29, 0.717) is 18.5 Å². The van der Waals surface area contributed by atoms with Gasteiger partial charge in [0.15, 0.2) is 0 Å². The monoisotopic (exact) mass is 322 g/mol. The summed E-state index contributed by atoms with van der Waals surface area (Å²) < 4.78 is 0. The lowest BCUT2D eigenvalue weighted by Gasteiger charge is -2.08. The number of carboxylic acids is 1. The van der Waals surface area contributed by atoms with Gasteiger partial charge in [0.2, 0.25) is 5.91 Å². The fraction of sp³-hybridized carbons (Fsp3) is 0.158. The van der Waals surface area contributed by atoms with Crippen LogP contribution < -0.4 is 5.32 Å². The molecular formula is C19H18N2O3. The van der Waals surface area contributed by atoms with Crippen LogP contribution in [0.1, 0.15) is 28.8 Å². The van der Waals surface area contributed by atoms with Crippen molar-refractivity contribution >= 4 is 28.5 Å². The van der Waals surface area contributed by atoms with Crippen LogP contribution in [0.5, 0.6) is 0 Å². The van der Waals surface area contributed by atoms with Gasteiger partial charge < -0.3 is 15.4 Å². The number of para-hydroxylation sites is 2. The molecule has 2 aromatic carbocycles. The molecule has 1 amide bonds. The average Bonchev–Trinajstić information content (AvgIpc) is 2.98. The summed E-state index contributed by atoms with van der Waals surface area (Å²) in [5, 5.41) is 13.0. The lowest BCUT2D eigenvalue weighted by atomic mass is 10.1. The maximum absolute atomic E-state index is 12.1. The number of rotatable bonds is 6. The predicted octanol–water partition coefficient (Wildman–Crippen LogP) is 3.83. The Morgan fingerprint density at radius 2 is 1.79 bits per heavy atom. The van der Waals surface area contributed by atoms with Gasteiger partial charge in [-0.25, -0.2) is 4.79 Å². The second-order valence-electron chi connectivity index (χ2n) is 5.61. The molecule has 24 heavy (non-hydrogen) atoms. The van der Waals surface area contributed by atoms with Crippen molar-refractivity contribution in [2.24, 2.45) is 0 Å². The van der Waals surface area contributed by atoms with Crippen LogP contribution in [-0.4, -0.2) is 22.0 Å². The van der Waals surface area contributed by atoms with Crippen LogP contribution >= 0.6 is 0 Å². The zero-order chi connectivity index (χ0) is 16.9. The summed E-state index contributed by atoms with van der Waals surface area (Å²) in [4.78, 5) is 26.4. The van der Waals surface area contributed by atoms with Gasteiger partial charge in [-0.2, -0.15) is 0 Å². The van der Waals surface area contributed by atoms with Gasteiger partial charge in [0.25, 0.3) is 0 Å². The number of nitrogens with one attached hydrogen (secondary N) is 2. The Morgan fingerprint density at radius 3 is 2.62 bits per heavy atom. The number of benzene rings is 2. The third-order valence-electron chi connectivity index (χ3n) is 3.96. The molecule has 0 aliphatic rings. The van der Waals surface area contributed by atoms with Gasteiger partial charge in [-0.05, 0) is 36.6 Å². The molecule has 0 spiro atoms. The third kappa shape index (κ3) is 3.46. The van der Waals surface area contributed by atoms with Crippen molar-refractivity contribution in [1.82, 2.24) is 4.98 Å². The van der Waals surface area contributed by atoms with E-state index in [0.717, 1.165) is 11.9 Å². The van der Waals surface area contributed by atoms with E-state index in [-0.39, 0.29) is 11.5 Å². The van der Waals surface area contributed by atoms with Crippen LogP contribution in [-0.2, 0) is 11.2 Å². The number of hydrogen-bond acceptors (Lipinski definition) is 2. The first-order valence-electron chi connectivity index (χ1n) is 7.82. The summed E-state index contributed by atoms with van der Waals surface area (Å²) in [5.74, 6) is -1.23. The number of carbonyl (C=O) groups is 2. The SMILES string of the molecule is O=C(CCCc1c[nH]c2ccccc12)Nc1ccccc1C(=O)O. The van der Waals surface area contributed by atoms with E-state index in [4.69, 9.17) is 5.11 Å². The normalized spacial score (nSPS) is 10.7. The van der Waals surface area contributed by atoms with Crippen LogP contribution in [0.3, 0.4) is 0 Å². The first kappa shape index (κ1) is 15.8. The second kappa shape index (κ2) is 7.00. The minimum atomic E-state index is -1.05. The molecule has 0 aliphatic carbocycles. The number of fused-ring (bicyclic) bond motifs is 1. The molecule has 3 N–H and O–H groups in total. The molecule has 3 aromatic rings. The van der Waals surface area contributed by atoms with E-state index >= 15 is 0 Å². The number of H-pyrrole nitrogens is 1. The molecule has 3 rings (SSSR count). The first-order valence-corrected chi connectivity index (χ1v) is 7.82. The van der Waals surface area contributed by atoms with Gasteiger partial charge in [0.05, 0.1) is 11.3 Å². The minimum absolute atomic E-state index is 0.0995. The molecule has 122 valence electrons. The smallest absolute Gasteiger partial charge is 0.337 e. The summed E-state index contributed by atoms with van der Waals surface area (Å²) >= 11 is 0. The van der Waals surface area contributed by atoms with Crippen LogP contribution in [0.2, 0.25) is 0 Å². The predicted molar refractivity (Wildman–Crippen MR) is 93.3 cm³/mol. The molecule has 0 atom stereocenters. The fourth-order valence-electron chi connectivity index (χ4n) is 2.77. The molecule has 0 saturated heterocycles. The summed E-state index contributed by atoms with van der Waals surface area (Å²) in [5.41, 5.74) is 2.71. The van der Waals surface area contributed by atoms with Gasteiger partial charge >= 0.3 is 5.97 Å². The fourth-order valence-corrected chi connectivity index (χ4v) is 2.77. The largest absolute Gasteiger partial charge is 0.478 e.